The molecule has 8 heteroatoms. The standard InChI is InChI=1S/C17H15FN6O/c1-8-15-14(24-17(19)22-8)5-13(23-16(15)25)11-3-2-10(18)4-12(11)9-6-20-21-7-9/h2-4,6-7,13H,5H2,1H3,(H,20,21)(H,23,25)(H2,19,22,24). The lowest BCUT2D eigenvalue weighted by atomic mass is 9.89. The van der Waals surface area contributed by atoms with Crippen LogP contribution in [0.1, 0.15) is 33.4 Å². The summed E-state index contributed by atoms with van der Waals surface area (Å²) in [5.74, 6) is -0.477. The van der Waals surface area contributed by atoms with Gasteiger partial charge in [0.1, 0.15) is 5.82 Å². The Hall–Kier alpha value is -3.29. The predicted molar refractivity (Wildman–Crippen MR) is 89.1 cm³/mol. The number of aryl methyl sites for hydroxylation is 1. The van der Waals surface area contributed by atoms with Crippen molar-refractivity contribution in [2.75, 3.05) is 5.73 Å². The molecule has 0 spiro atoms. The zero-order valence-corrected chi connectivity index (χ0v) is 13.4. The number of nitrogens with one attached hydrogen (secondary N) is 2. The quantitative estimate of drug-likeness (QED) is 0.661. The first kappa shape index (κ1) is 15.3. The molecule has 0 radical (unpaired) electrons. The third kappa shape index (κ3) is 2.61. The van der Waals surface area contributed by atoms with Crippen LogP contribution in [0.2, 0.25) is 0 Å². The highest BCUT2D eigenvalue weighted by Crippen LogP contribution is 2.33. The van der Waals surface area contributed by atoms with Crippen molar-refractivity contribution in [2.24, 2.45) is 0 Å². The van der Waals surface area contributed by atoms with Crippen LogP contribution in [0.15, 0.2) is 30.6 Å². The lowest BCUT2D eigenvalue weighted by Gasteiger charge is -2.27. The molecule has 2 aromatic heterocycles. The molecule has 126 valence electrons. The second kappa shape index (κ2) is 5.66. The number of nitrogens with zero attached hydrogens (tertiary/aromatic N) is 3. The predicted octanol–water partition coefficient (Wildman–Crippen LogP) is 1.92. The fourth-order valence-corrected chi connectivity index (χ4v) is 3.24. The van der Waals surface area contributed by atoms with Gasteiger partial charge in [0.05, 0.1) is 29.2 Å². The topological polar surface area (TPSA) is 110 Å². The Labute approximate surface area is 142 Å². The van der Waals surface area contributed by atoms with Crippen LogP contribution in [0.3, 0.4) is 0 Å². The van der Waals surface area contributed by atoms with Crippen molar-refractivity contribution < 1.29 is 9.18 Å². The van der Waals surface area contributed by atoms with Gasteiger partial charge in [-0.2, -0.15) is 5.10 Å². The molecule has 0 fully saturated rings. The van der Waals surface area contributed by atoms with Crippen LogP contribution in [-0.2, 0) is 6.42 Å². The highest BCUT2D eigenvalue weighted by molar-refractivity contribution is 5.98. The second-order valence-corrected chi connectivity index (χ2v) is 5.94. The van der Waals surface area contributed by atoms with Gasteiger partial charge in [-0.15, -0.1) is 0 Å². The van der Waals surface area contributed by atoms with Crippen LogP contribution in [0.25, 0.3) is 11.1 Å². The number of halogens is 1. The van der Waals surface area contributed by atoms with Gasteiger partial charge in [-0.3, -0.25) is 9.89 Å². The molecule has 1 atom stereocenters. The first-order chi connectivity index (χ1) is 12.0. The van der Waals surface area contributed by atoms with Gasteiger partial charge in [0, 0.05) is 18.2 Å². The second-order valence-electron chi connectivity index (χ2n) is 5.94. The Bertz CT molecular complexity index is 970. The number of H-pyrrole nitrogens is 1. The van der Waals surface area contributed by atoms with E-state index in [1.54, 1.807) is 25.4 Å². The highest BCUT2D eigenvalue weighted by Gasteiger charge is 2.30. The van der Waals surface area contributed by atoms with Crippen LogP contribution in [-0.4, -0.2) is 26.1 Å². The minimum atomic E-state index is -0.357. The highest BCUT2D eigenvalue weighted by atomic mass is 19.1. The van der Waals surface area contributed by atoms with Crippen LogP contribution in [0.4, 0.5) is 10.3 Å². The summed E-state index contributed by atoms with van der Waals surface area (Å²) in [7, 11) is 0. The Morgan fingerprint density at radius 1 is 1.32 bits per heavy atom. The van der Waals surface area contributed by atoms with Gasteiger partial charge in [-0.05, 0) is 30.2 Å². The van der Waals surface area contributed by atoms with E-state index in [2.05, 4.69) is 25.5 Å². The van der Waals surface area contributed by atoms with E-state index in [1.165, 1.54) is 12.1 Å². The number of hydrogen-bond donors (Lipinski definition) is 3. The number of fused-ring (bicyclic) bond motifs is 1. The van der Waals surface area contributed by atoms with Crippen LogP contribution < -0.4 is 11.1 Å². The number of carbonyl (C=O) groups is 1. The van der Waals surface area contributed by atoms with E-state index in [1.807, 2.05) is 0 Å². The molecule has 0 saturated heterocycles. The van der Waals surface area contributed by atoms with Crippen molar-refractivity contribution in [2.45, 2.75) is 19.4 Å². The van der Waals surface area contributed by atoms with Crippen LogP contribution >= 0.6 is 0 Å². The number of rotatable bonds is 2. The summed E-state index contributed by atoms with van der Waals surface area (Å²) in [5, 5.41) is 9.60. The van der Waals surface area contributed by atoms with Crippen molar-refractivity contribution in [1.29, 1.82) is 0 Å². The first-order valence-corrected chi connectivity index (χ1v) is 7.75. The van der Waals surface area contributed by atoms with Gasteiger partial charge in [0.2, 0.25) is 5.95 Å². The molecule has 3 aromatic rings. The van der Waals surface area contributed by atoms with Gasteiger partial charge in [-0.25, -0.2) is 14.4 Å². The number of aromatic nitrogens is 4. The molecule has 0 aliphatic carbocycles. The maximum atomic E-state index is 13.8. The van der Waals surface area contributed by atoms with Crippen molar-refractivity contribution in [3.05, 3.63) is 58.9 Å². The third-order valence-corrected chi connectivity index (χ3v) is 4.31. The molecule has 1 aliphatic rings. The van der Waals surface area contributed by atoms with Crippen molar-refractivity contribution in [3.63, 3.8) is 0 Å². The van der Waals surface area contributed by atoms with Crippen LogP contribution in [0.5, 0.6) is 0 Å². The minimum absolute atomic E-state index is 0.138. The number of carbonyl (C=O) groups excluding carboxylic acids is 1. The molecule has 1 aliphatic heterocycles. The number of hydrogen-bond acceptors (Lipinski definition) is 5. The minimum Gasteiger partial charge on any atom is -0.368 e. The summed E-state index contributed by atoms with van der Waals surface area (Å²) >= 11 is 0. The molecule has 0 saturated carbocycles. The first-order valence-electron chi connectivity index (χ1n) is 7.75. The molecular formula is C17H15FN6O. The molecule has 1 amide bonds. The molecular weight excluding hydrogens is 323 g/mol. The summed E-state index contributed by atoms with van der Waals surface area (Å²) < 4.78 is 13.8. The molecule has 1 unspecified atom stereocenters. The Balaban J connectivity index is 1.81. The zero-order chi connectivity index (χ0) is 17.6. The zero-order valence-electron chi connectivity index (χ0n) is 13.4. The monoisotopic (exact) mass is 338 g/mol. The van der Waals surface area contributed by atoms with Crippen molar-refractivity contribution >= 4 is 11.9 Å². The van der Waals surface area contributed by atoms with Gasteiger partial charge < -0.3 is 11.1 Å². The summed E-state index contributed by atoms with van der Waals surface area (Å²) in [6, 6.07) is 4.13. The number of benzene rings is 1. The van der Waals surface area contributed by atoms with E-state index in [4.69, 9.17) is 5.73 Å². The normalized spacial score (nSPS) is 16.4. The Morgan fingerprint density at radius 2 is 2.16 bits per heavy atom. The molecule has 4 rings (SSSR count). The van der Waals surface area contributed by atoms with E-state index < -0.39 is 0 Å². The Kier molecular flexibility index (Phi) is 3.45. The summed E-state index contributed by atoms with van der Waals surface area (Å²) in [4.78, 5) is 20.8. The average Bonchev–Trinajstić information content (AvgIpc) is 3.07. The molecule has 1 aromatic carbocycles. The summed E-state index contributed by atoms with van der Waals surface area (Å²) in [6.45, 7) is 1.73. The van der Waals surface area contributed by atoms with Gasteiger partial charge in [0.15, 0.2) is 0 Å². The number of anilines is 1. The number of aromatic amines is 1. The molecule has 4 N–H and O–H groups in total. The SMILES string of the molecule is Cc1nc(N)nc2c1C(=O)NC(c1ccc(F)cc1-c1cn[nH]c1)C2. The average molecular weight is 338 g/mol. The number of nitrogen functional groups attached to an aromatic ring is 1. The van der Waals surface area contributed by atoms with E-state index in [9.17, 15) is 9.18 Å². The van der Waals surface area contributed by atoms with E-state index >= 15 is 0 Å². The summed E-state index contributed by atoms with van der Waals surface area (Å²) in [5.41, 5.74) is 9.53. The van der Waals surface area contributed by atoms with Crippen molar-refractivity contribution in [3.8, 4) is 11.1 Å². The largest absolute Gasteiger partial charge is 0.368 e. The molecule has 0 bridgehead atoms. The van der Waals surface area contributed by atoms with Gasteiger partial charge >= 0.3 is 0 Å². The van der Waals surface area contributed by atoms with E-state index in [-0.39, 0.29) is 23.7 Å². The molecule has 3 heterocycles. The van der Waals surface area contributed by atoms with E-state index in [0.29, 0.717) is 28.9 Å². The Morgan fingerprint density at radius 3 is 2.92 bits per heavy atom. The number of nitrogens with two attached hydrogens (primary N) is 1. The molecule has 7 nitrogen and oxygen atoms in total. The fourth-order valence-electron chi connectivity index (χ4n) is 3.24. The molecule has 25 heavy (non-hydrogen) atoms. The summed E-state index contributed by atoms with van der Waals surface area (Å²) in [6.07, 6.45) is 3.74. The third-order valence-electron chi connectivity index (χ3n) is 4.31. The van der Waals surface area contributed by atoms with Gasteiger partial charge in [-0.1, -0.05) is 6.07 Å². The van der Waals surface area contributed by atoms with E-state index in [0.717, 1.165) is 11.1 Å². The lowest BCUT2D eigenvalue weighted by molar-refractivity contribution is 0.0922. The smallest absolute Gasteiger partial charge is 0.255 e. The maximum Gasteiger partial charge on any atom is 0.255 e. The fraction of sp³-hybridized carbons (Fsp3) is 0.176. The van der Waals surface area contributed by atoms with Crippen LogP contribution in [0, 0.1) is 12.7 Å². The van der Waals surface area contributed by atoms with Crippen molar-refractivity contribution in [1.82, 2.24) is 25.5 Å². The number of amides is 1. The maximum absolute atomic E-state index is 13.8. The van der Waals surface area contributed by atoms with Gasteiger partial charge in [0.25, 0.3) is 5.91 Å². The lowest BCUT2D eigenvalue weighted by Crippen LogP contribution is -2.37.